The molecular weight excluding hydrogens is 222 g/mol. The average molecular weight is 239 g/mol. The number of fused-ring (bicyclic) bond motifs is 1. The summed E-state index contributed by atoms with van der Waals surface area (Å²) in [5, 5.41) is 0.609. The van der Waals surface area contributed by atoms with Gasteiger partial charge in [-0.3, -0.25) is 0 Å². The van der Waals surface area contributed by atoms with E-state index in [1.807, 2.05) is 0 Å². The molecule has 2 N–H and O–H groups in total. The van der Waals surface area contributed by atoms with Crippen LogP contribution in [0.3, 0.4) is 0 Å². The number of hydrogen-bond donors (Lipinski definition) is 1. The van der Waals surface area contributed by atoms with Crippen molar-refractivity contribution >= 4 is 22.3 Å². The van der Waals surface area contributed by atoms with Crippen molar-refractivity contribution in [3.05, 3.63) is 16.0 Å². The molecule has 0 amide bonds. The maximum absolute atomic E-state index is 11.7. The monoisotopic (exact) mass is 239 g/mol. The van der Waals surface area contributed by atoms with Gasteiger partial charge in [0, 0.05) is 4.88 Å². The summed E-state index contributed by atoms with van der Waals surface area (Å²) in [5.74, 6) is 0.781. The molecule has 16 heavy (non-hydrogen) atoms. The first kappa shape index (κ1) is 11.5. The average Bonchev–Trinajstić information content (AvgIpc) is 2.53. The third kappa shape index (κ3) is 1.71. The number of carbonyl (C=O) groups is 1. The van der Waals surface area contributed by atoms with Crippen LogP contribution in [0.2, 0.25) is 0 Å². The van der Waals surface area contributed by atoms with Crippen molar-refractivity contribution in [2.45, 2.75) is 32.6 Å². The molecule has 0 fully saturated rings. The number of carbonyl (C=O) groups excluding carboxylic acids is 1. The summed E-state index contributed by atoms with van der Waals surface area (Å²) < 4.78 is 4.80. The van der Waals surface area contributed by atoms with Crippen LogP contribution < -0.4 is 5.73 Å². The van der Waals surface area contributed by atoms with Crippen LogP contribution in [0.15, 0.2) is 0 Å². The van der Waals surface area contributed by atoms with Crippen LogP contribution in [0.25, 0.3) is 0 Å². The third-order valence-corrected chi connectivity index (χ3v) is 4.28. The first-order chi connectivity index (χ1) is 7.54. The van der Waals surface area contributed by atoms with Crippen molar-refractivity contribution < 1.29 is 9.53 Å². The van der Waals surface area contributed by atoms with Gasteiger partial charge in [0.25, 0.3) is 0 Å². The number of methoxy groups -OCH3 is 1. The molecule has 0 aliphatic heterocycles. The Labute approximate surface area is 99.6 Å². The standard InChI is InChI=1S/C12H17NO2S/c1-6-4-7(2)9-8(5-6)16-11(13)10(9)12(14)15-3/h6-7H,4-5,13H2,1-3H3. The predicted octanol–water partition coefficient (Wildman–Crippen LogP) is 2.80. The molecule has 88 valence electrons. The van der Waals surface area contributed by atoms with Crippen molar-refractivity contribution in [3.8, 4) is 0 Å². The third-order valence-electron chi connectivity index (χ3n) is 3.22. The Morgan fingerprint density at radius 1 is 1.50 bits per heavy atom. The molecule has 2 rings (SSSR count). The Kier molecular flexibility index (Phi) is 2.93. The van der Waals surface area contributed by atoms with E-state index in [1.165, 1.54) is 12.0 Å². The number of nitrogens with two attached hydrogens (primary N) is 1. The zero-order valence-electron chi connectivity index (χ0n) is 9.87. The van der Waals surface area contributed by atoms with E-state index in [-0.39, 0.29) is 5.97 Å². The van der Waals surface area contributed by atoms with Gasteiger partial charge in [-0.15, -0.1) is 11.3 Å². The Morgan fingerprint density at radius 3 is 2.81 bits per heavy atom. The second-order valence-corrected chi connectivity index (χ2v) is 5.75. The SMILES string of the molecule is COC(=O)c1c(N)sc2c1C(C)CC(C)C2. The van der Waals surface area contributed by atoms with Gasteiger partial charge < -0.3 is 10.5 Å². The lowest BCUT2D eigenvalue weighted by atomic mass is 9.81. The fourth-order valence-corrected chi connectivity index (χ4v) is 3.96. The van der Waals surface area contributed by atoms with Crippen molar-refractivity contribution in [2.24, 2.45) is 5.92 Å². The quantitative estimate of drug-likeness (QED) is 0.767. The second kappa shape index (κ2) is 4.09. The lowest BCUT2D eigenvalue weighted by Crippen LogP contribution is -2.16. The van der Waals surface area contributed by atoms with Gasteiger partial charge in [0.1, 0.15) is 5.00 Å². The molecule has 0 radical (unpaired) electrons. The predicted molar refractivity (Wildman–Crippen MR) is 66.0 cm³/mol. The van der Waals surface area contributed by atoms with E-state index in [0.717, 1.165) is 18.4 Å². The molecule has 3 nitrogen and oxygen atoms in total. The number of nitrogen functional groups attached to an aromatic ring is 1. The van der Waals surface area contributed by atoms with Crippen molar-refractivity contribution in [3.63, 3.8) is 0 Å². The highest BCUT2D eigenvalue weighted by Gasteiger charge is 2.31. The van der Waals surface area contributed by atoms with Crippen LogP contribution in [-0.2, 0) is 11.2 Å². The molecule has 1 aliphatic carbocycles. The maximum atomic E-state index is 11.7. The molecule has 4 heteroatoms. The number of ether oxygens (including phenoxy) is 1. The fraction of sp³-hybridized carbons (Fsp3) is 0.583. The van der Waals surface area contributed by atoms with E-state index in [1.54, 1.807) is 11.3 Å². The zero-order valence-corrected chi connectivity index (χ0v) is 10.7. The summed E-state index contributed by atoms with van der Waals surface area (Å²) >= 11 is 1.54. The van der Waals surface area contributed by atoms with Crippen LogP contribution in [-0.4, -0.2) is 13.1 Å². The minimum absolute atomic E-state index is 0.295. The van der Waals surface area contributed by atoms with E-state index < -0.39 is 0 Å². The van der Waals surface area contributed by atoms with Crippen LogP contribution in [0.5, 0.6) is 0 Å². The Bertz CT molecular complexity index is 425. The molecule has 2 unspecified atom stereocenters. The largest absolute Gasteiger partial charge is 0.465 e. The Hall–Kier alpha value is -1.03. The topological polar surface area (TPSA) is 52.3 Å². The van der Waals surface area contributed by atoms with Crippen molar-refractivity contribution in [1.29, 1.82) is 0 Å². The van der Waals surface area contributed by atoms with Gasteiger partial charge in [0.2, 0.25) is 0 Å². The zero-order chi connectivity index (χ0) is 11.9. The number of esters is 1. The molecule has 1 aliphatic rings. The highest BCUT2D eigenvalue weighted by molar-refractivity contribution is 7.16. The Morgan fingerprint density at radius 2 is 2.19 bits per heavy atom. The number of thiophene rings is 1. The first-order valence-electron chi connectivity index (χ1n) is 5.54. The van der Waals surface area contributed by atoms with Gasteiger partial charge in [-0.05, 0) is 30.2 Å². The minimum Gasteiger partial charge on any atom is -0.465 e. The van der Waals surface area contributed by atoms with Crippen LogP contribution >= 0.6 is 11.3 Å². The number of hydrogen-bond acceptors (Lipinski definition) is 4. The molecule has 1 aromatic rings. The summed E-state index contributed by atoms with van der Waals surface area (Å²) in [6.45, 7) is 4.40. The summed E-state index contributed by atoms with van der Waals surface area (Å²) in [5.41, 5.74) is 7.67. The smallest absolute Gasteiger partial charge is 0.341 e. The number of anilines is 1. The van der Waals surface area contributed by atoms with Gasteiger partial charge in [0.15, 0.2) is 0 Å². The van der Waals surface area contributed by atoms with Crippen LogP contribution in [0, 0.1) is 5.92 Å². The van der Waals surface area contributed by atoms with Gasteiger partial charge in [-0.25, -0.2) is 4.79 Å². The van der Waals surface area contributed by atoms with Crippen LogP contribution in [0.1, 0.15) is 47.0 Å². The fourth-order valence-electron chi connectivity index (χ4n) is 2.62. The van der Waals surface area contributed by atoms with Gasteiger partial charge >= 0.3 is 5.97 Å². The molecule has 0 saturated heterocycles. The molecule has 0 bridgehead atoms. The molecular formula is C12H17NO2S. The van der Waals surface area contributed by atoms with E-state index >= 15 is 0 Å². The van der Waals surface area contributed by atoms with Crippen molar-refractivity contribution in [1.82, 2.24) is 0 Å². The van der Waals surface area contributed by atoms with E-state index in [0.29, 0.717) is 22.4 Å². The Balaban J connectivity index is 2.52. The lowest BCUT2D eigenvalue weighted by Gasteiger charge is -2.24. The minimum atomic E-state index is -0.295. The molecule has 0 saturated carbocycles. The first-order valence-corrected chi connectivity index (χ1v) is 6.35. The van der Waals surface area contributed by atoms with Crippen molar-refractivity contribution in [2.75, 3.05) is 12.8 Å². The molecule has 0 spiro atoms. The van der Waals surface area contributed by atoms with Crippen LogP contribution in [0.4, 0.5) is 5.00 Å². The summed E-state index contributed by atoms with van der Waals surface area (Å²) in [6.07, 6.45) is 2.15. The van der Waals surface area contributed by atoms with E-state index in [4.69, 9.17) is 10.5 Å². The van der Waals surface area contributed by atoms with E-state index in [2.05, 4.69) is 13.8 Å². The normalized spacial score (nSPS) is 23.9. The molecule has 2 atom stereocenters. The highest BCUT2D eigenvalue weighted by atomic mass is 32.1. The lowest BCUT2D eigenvalue weighted by molar-refractivity contribution is 0.0600. The summed E-state index contributed by atoms with van der Waals surface area (Å²) in [4.78, 5) is 13.0. The highest BCUT2D eigenvalue weighted by Crippen LogP contribution is 2.43. The maximum Gasteiger partial charge on any atom is 0.341 e. The molecule has 1 heterocycles. The molecule has 1 aromatic heterocycles. The summed E-state index contributed by atoms with van der Waals surface area (Å²) in [6, 6.07) is 0. The van der Waals surface area contributed by atoms with E-state index in [9.17, 15) is 4.79 Å². The van der Waals surface area contributed by atoms with Gasteiger partial charge in [-0.2, -0.15) is 0 Å². The second-order valence-electron chi connectivity index (χ2n) is 4.62. The van der Waals surface area contributed by atoms with Gasteiger partial charge in [0.05, 0.1) is 12.7 Å². The van der Waals surface area contributed by atoms with Gasteiger partial charge in [-0.1, -0.05) is 13.8 Å². The summed E-state index contributed by atoms with van der Waals surface area (Å²) in [7, 11) is 1.40. The number of rotatable bonds is 1. The molecule has 0 aromatic carbocycles.